The summed E-state index contributed by atoms with van der Waals surface area (Å²) in [6.07, 6.45) is 20.1. The molecule has 0 fully saturated rings. The topological polar surface area (TPSA) is 27.7 Å². The van der Waals surface area contributed by atoms with E-state index in [0.717, 1.165) is 26.1 Å². The van der Waals surface area contributed by atoms with Crippen molar-refractivity contribution in [3.05, 3.63) is 0 Å². The maximum atomic E-state index is 6.35. The molecule has 28 heavy (non-hydrogen) atoms. The molecular weight excluding hydrogens is 380 g/mol. The molecule has 0 saturated heterocycles. The molecular formula is C23H52O3Si2. The Kier molecular flexibility index (Phi) is 18.3. The van der Waals surface area contributed by atoms with Crippen LogP contribution in [0.25, 0.3) is 0 Å². The van der Waals surface area contributed by atoms with Crippen LogP contribution in [0.5, 0.6) is 0 Å². The predicted molar refractivity (Wildman–Crippen MR) is 129 cm³/mol. The van der Waals surface area contributed by atoms with Crippen LogP contribution in [-0.4, -0.2) is 30.3 Å². The second-order valence-corrected chi connectivity index (χ2v) is 16.2. The SMILES string of the molecule is CCCCCCCCCCCCCCO[Si](C)(C)O[Si](C)(C)OCCCCC. The van der Waals surface area contributed by atoms with Crippen molar-refractivity contribution in [2.75, 3.05) is 13.2 Å². The van der Waals surface area contributed by atoms with Crippen LogP contribution in [0.15, 0.2) is 0 Å². The van der Waals surface area contributed by atoms with E-state index >= 15 is 0 Å². The van der Waals surface area contributed by atoms with Crippen molar-refractivity contribution in [1.82, 2.24) is 0 Å². The zero-order valence-electron chi connectivity index (χ0n) is 20.2. The van der Waals surface area contributed by atoms with E-state index in [9.17, 15) is 0 Å². The number of hydrogen-bond acceptors (Lipinski definition) is 3. The van der Waals surface area contributed by atoms with E-state index in [4.69, 9.17) is 13.0 Å². The fraction of sp³-hybridized carbons (Fsp3) is 1.00. The van der Waals surface area contributed by atoms with Gasteiger partial charge in [-0.3, -0.25) is 0 Å². The van der Waals surface area contributed by atoms with E-state index in [-0.39, 0.29) is 0 Å². The fourth-order valence-electron chi connectivity index (χ4n) is 3.58. The number of unbranched alkanes of at least 4 members (excludes halogenated alkanes) is 13. The lowest BCUT2D eigenvalue weighted by Gasteiger charge is -2.32. The molecule has 0 radical (unpaired) electrons. The third-order valence-corrected chi connectivity index (χ3v) is 10.9. The van der Waals surface area contributed by atoms with Crippen molar-refractivity contribution in [1.29, 1.82) is 0 Å². The summed E-state index contributed by atoms with van der Waals surface area (Å²) in [5.74, 6) is 0. The molecule has 0 aromatic heterocycles. The molecule has 0 saturated carbocycles. The van der Waals surface area contributed by atoms with Crippen LogP contribution in [-0.2, 0) is 13.0 Å². The van der Waals surface area contributed by atoms with Gasteiger partial charge in [0, 0.05) is 13.2 Å². The molecule has 0 aromatic carbocycles. The van der Waals surface area contributed by atoms with Crippen molar-refractivity contribution in [3.63, 3.8) is 0 Å². The zero-order chi connectivity index (χ0) is 21.1. The Bertz CT molecular complexity index is 336. The molecule has 0 spiro atoms. The number of hydrogen-bond donors (Lipinski definition) is 0. The molecule has 0 aromatic rings. The molecule has 0 bridgehead atoms. The van der Waals surface area contributed by atoms with Crippen LogP contribution in [0.2, 0.25) is 26.2 Å². The van der Waals surface area contributed by atoms with Gasteiger partial charge >= 0.3 is 17.1 Å². The van der Waals surface area contributed by atoms with Crippen LogP contribution in [0.3, 0.4) is 0 Å². The minimum atomic E-state index is -2.07. The zero-order valence-corrected chi connectivity index (χ0v) is 22.2. The van der Waals surface area contributed by atoms with E-state index in [2.05, 4.69) is 40.0 Å². The summed E-state index contributed by atoms with van der Waals surface area (Å²) in [6, 6.07) is 0. The fourth-order valence-corrected chi connectivity index (χ4v) is 10.1. The summed E-state index contributed by atoms with van der Waals surface area (Å²) >= 11 is 0. The van der Waals surface area contributed by atoms with Gasteiger partial charge in [0.15, 0.2) is 0 Å². The minimum Gasteiger partial charge on any atom is -0.415 e. The van der Waals surface area contributed by atoms with Gasteiger partial charge in [0.05, 0.1) is 0 Å². The Labute approximate surface area is 179 Å². The van der Waals surface area contributed by atoms with E-state index < -0.39 is 17.1 Å². The first kappa shape index (κ1) is 28.3. The highest BCUT2D eigenvalue weighted by atomic mass is 28.5. The predicted octanol–water partition coefficient (Wildman–Crippen LogP) is 8.33. The third-order valence-electron chi connectivity index (χ3n) is 5.14. The van der Waals surface area contributed by atoms with Gasteiger partial charge in [-0.25, -0.2) is 0 Å². The van der Waals surface area contributed by atoms with Crippen LogP contribution in [0.1, 0.15) is 110 Å². The number of rotatable bonds is 21. The van der Waals surface area contributed by atoms with Crippen LogP contribution >= 0.6 is 0 Å². The maximum absolute atomic E-state index is 6.35. The Morgan fingerprint density at radius 2 is 0.714 bits per heavy atom. The van der Waals surface area contributed by atoms with E-state index in [1.807, 2.05) is 0 Å². The third kappa shape index (κ3) is 19.6. The molecule has 0 aliphatic heterocycles. The summed E-state index contributed by atoms with van der Waals surface area (Å²) in [5.41, 5.74) is 0. The molecule has 0 unspecified atom stereocenters. The summed E-state index contributed by atoms with van der Waals surface area (Å²) < 4.78 is 18.6. The first-order chi connectivity index (χ1) is 13.3. The lowest BCUT2D eigenvalue weighted by atomic mass is 10.1. The minimum absolute atomic E-state index is 0.830. The smallest absolute Gasteiger partial charge is 0.322 e. The highest BCUT2D eigenvalue weighted by Gasteiger charge is 2.36. The molecule has 0 heterocycles. The van der Waals surface area contributed by atoms with Crippen molar-refractivity contribution in [2.24, 2.45) is 0 Å². The van der Waals surface area contributed by atoms with E-state index in [1.165, 1.54) is 83.5 Å². The van der Waals surface area contributed by atoms with Crippen molar-refractivity contribution < 1.29 is 13.0 Å². The van der Waals surface area contributed by atoms with Gasteiger partial charge in [0.2, 0.25) is 0 Å². The van der Waals surface area contributed by atoms with Gasteiger partial charge in [0.1, 0.15) is 0 Å². The molecule has 0 amide bonds. The maximum Gasteiger partial charge on any atom is 0.322 e. The molecule has 5 heteroatoms. The summed E-state index contributed by atoms with van der Waals surface area (Å²) in [6.45, 7) is 14.8. The van der Waals surface area contributed by atoms with Crippen LogP contribution < -0.4 is 0 Å². The Balaban J connectivity index is 3.57. The van der Waals surface area contributed by atoms with Gasteiger partial charge < -0.3 is 13.0 Å². The van der Waals surface area contributed by atoms with Crippen molar-refractivity contribution in [3.8, 4) is 0 Å². The molecule has 170 valence electrons. The van der Waals surface area contributed by atoms with Gasteiger partial charge in [0.25, 0.3) is 0 Å². The second-order valence-electron chi connectivity index (χ2n) is 9.19. The molecule has 0 aliphatic carbocycles. The molecule has 3 nitrogen and oxygen atoms in total. The highest BCUT2D eigenvalue weighted by Crippen LogP contribution is 2.18. The Morgan fingerprint density at radius 3 is 1.11 bits per heavy atom. The first-order valence-corrected chi connectivity index (χ1v) is 17.9. The van der Waals surface area contributed by atoms with Gasteiger partial charge in [-0.05, 0) is 39.0 Å². The molecule has 0 aliphatic rings. The first-order valence-electron chi connectivity index (χ1n) is 12.3. The normalized spacial score (nSPS) is 12.6. The average molecular weight is 433 g/mol. The lowest BCUT2D eigenvalue weighted by molar-refractivity contribution is 0.190. The average Bonchev–Trinajstić information content (AvgIpc) is 2.62. The molecule has 0 rings (SSSR count). The molecule has 0 atom stereocenters. The monoisotopic (exact) mass is 432 g/mol. The van der Waals surface area contributed by atoms with Gasteiger partial charge in [-0.15, -0.1) is 0 Å². The van der Waals surface area contributed by atoms with E-state index in [1.54, 1.807) is 0 Å². The standard InChI is InChI=1S/C23H52O3Si2/c1-7-9-11-12-13-14-15-16-17-18-19-21-23-25-28(5,6)26-27(3,4)24-22-20-10-8-2/h7-23H2,1-6H3. The van der Waals surface area contributed by atoms with Gasteiger partial charge in [-0.2, -0.15) is 0 Å². The summed E-state index contributed by atoms with van der Waals surface area (Å²) in [5, 5.41) is 0. The Hall–Kier alpha value is 0.314. The van der Waals surface area contributed by atoms with Gasteiger partial charge in [-0.1, -0.05) is 97.3 Å². The van der Waals surface area contributed by atoms with E-state index in [0.29, 0.717) is 0 Å². The quantitative estimate of drug-likeness (QED) is 0.135. The highest BCUT2D eigenvalue weighted by molar-refractivity contribution is 6.78. The molecule has 0 N–H and O–H groups in total. The Morgan fingerprint density at radius 1 is 0.429 bits per heavy atom. The summed E-state index contributed by atoms with van der Waals surface area (Å²) in [4.78, 5) is 0. The van der Waals surface area contributed by atoms with Crippen molar-refractivity contribution in [2.45, 2.75) is 136 Å². The second kappa shape index (κ2) is 18.1. The largest absolute Gasteiger partial charge is 0.415 e. The van der Waals surface area contributed by atoms with Crippen LogP contribution in [0.4, 0.5) is 0 Å². The van der Waals surface area contributed by atoms with Crippen molar-refractivity contribution >= 4 is 17.1 Å². The lowest BCUT2D eigenvalue weighted by Crippen LogP contribution is -2.48. The summed E-state index contributed by atoms with van der Waals surface area (Å²) in [7, 11) is -4.13. The van der Waals surface area contributed by atoms with Crippen LogP contribution in [0, 0.1) is 0 Å².